The van der Waals surface area contributed by atoms with Gasteiger partial charge in [0.2, 0.25) is 0 Å². The Labute approximate surface area is 161 Å². The minimum Gasteiger partial charge on any atom is -0.481 e. The van der Waals surface area contributed by atoms with Crippen molar-refractivity contribution in [2.75, 3.05) is 31.1 Å². The zero-order valence-corrected chi connectivity index (χ0v) is 16.3. The Morgan fingerprint density at radius 1 is 1.12 bits per heavy atom. The summed E-state index contributed by atoms with van der Waals surface area (Å²) in [6, 6.07) is 15.3. The SMILES string of the molecule is CC(Oc1cccc(Br)c1)C(=O)N1CCN(c2ccc(Cl)cc2)CC1. The molecule has 0 bridgehead atoms. The van der Waals surface area contributed by atoms with E-state index in [1.54, 1.807) is 6.92 Å². The Morgan fingerprint density at radius 3 is 2.44 bits per heavy atom. The summed E-state index contributed by atoms with van der Waals surface area (Å²) in [6.45, 7) is 4.78. The van der Waals surface area contributed by atoms with Crippen LogP contribution in [0.1, 0.15) is 6.92 Å². The molecule has 1 saturated heterocycles. The van der Waals surface area contributed by atoms with E-state index < -0.39 is 6.10 Å². The van der Waals surface area contributed by atoms with Crippen molar-refractivity contribution in [2.24, 2.45) is 0 Å². The predicted octanol–water partition coefficient (Wildman–Crippen LogP) is 4.22. The first kappa shape index (κ1) is 18.1. The zero-order valence-electron chi connectivity index (χ0n) is 14.0. The zero-order chi connectivity index (χ0) is 17.8. The highest BCUT2D eigenvalue weighted by Crippen LogP contribution is 2.21. The molecule has 1 heterocycles. The molecule has 1 aliphatic rings. The molecule has 0 aliphatic carbocycles. The van der Waals surface area contributed by atoms with E-state index in [1.165, 1.54) is 0 Å². The number of halogens is 2. The van der Waals surface area contributed by atoms with Gasteiger partial charge in [0.15, 0.2) is 6.10 Å². The maximum atomic E-state index is 12.6. The highest BCUT2D eigenvalue weighted by molar-refractivity contribution is 9.10. The van der Waals surface area contributed by atoms with E-state index in [0.717, 1.165) is 28.3 Å². The van der Waals surface area contributed by atoms with Gasteiger partial charge in [0.05, 0.1) is 0 Å². The number of rotatable bonds is 4. The Hall–Kier alpha value is -1.72. The molecule has 1 unspecified atom stereocenters. The normalized spacial score (nSPS) is 15.8. The van der Waals surface area contributed by atoms with Crippen molar-refractivity contribution in [1.29, 1.82) is 0 Å². The smallest absolute Gasteiger partial charge is 0.263 e. The lowest BCUT2D eigenvalue weighted by molar-refractivity contribution is -0.138. The first-order valence-corrected chi connectivity index (χ1v) is 9.41. The number of benzene rings is 2. The largest absolute Gasteiger partial charge is 0.481 e. The standard InChI is InChI=1S/C19H20BrClN2O2/c1-14(25-18-4-2-3-15(20)13-18)19(24)23-11-9-22(10-12-23)17-7-5-16(21)6-8-17/h2-8,13-14H,9-12H2,1H3. The fraction of sp³-hybridized carbons (Fsp3) is 0.316. The summed E-state index contributed by atoms with van der Waals surface area (Å²) in [7, 11) is 0. The number of ether oxygens (including phenoxy) is 1. The third-order valence-electron chi connectivity index (χ3n) is 4.24. The van der Waals surface area contributed by atoms with Crippen LogP contribution in [0.25, 0.3) is 0 Å². The summed E-state index contributed by atoms with van der Waals surface area (Å²) in [4.78, 5) is 16.8. The Kier molecular flexibility index (Phi) is 5.86. The van der Waals surface area contributed by atoms with Gasteiger partial charge in [0.1, 0.15) is 5.75 Å². The molecule has 2 aromatic rings. The number of carbonyl (C=O) groups excluding carboxylic acids is 1. The molecular weight excluding hydrogens is 404 g/mol. The second-order valence-electron chi connectivity index (χ2n) is 6.01. The molecule has 6 heteroatoms. The van der Waals surface area contributed by atoms with Gasteiger partial charge in [-0.2, -0.15) is 0 Å². The van der Waals surface area contributed by atoms with Gasteiger partial charge in [-0.05, 0) is 49.4 Å². The maximum absolute atomic E-state index is 12.6. The summed E-state index contributed by atoms with van der Waals surface area (Å²) < 4.78 is 6.72. The van der Waals surface area contributed by atoms with Gasteiger partial charge in [-0.15, -0.1) is 0 Å². The molecule has 1 fully saturated rings. The number of hydrogen-bond acceptors (Lipinski definition) is 3. The fourth-order valence-electron chi connectivity index (χ4n) is 2.89. The molecule has 3 rings (SSSR count). The maximum Gasteiger partial charge on any atom is 0.263 e. The third-order valence-corrected chi connectivity index (χ3v) is 4.99. The third kappa shape index (κ3) is 4.67. The Bertz CT molecular complexity index is 730. The van der Waals surface area contributed by atoms with Crippen molar-refractivity contribution < 1.29 is 9.53 Å². The van der Waals surface area contributed by atoms with E-state index in [0.29, 0.717) is 18.8 Å². The lowest BCUT2D eigenvalue weighted by Crippen LogP contribution is -2.52. The van der Waals surface area contributed by atoms with Gasteiger partial charge in [-0.25, -0.2) is 0 Å². The molecule has 0 N–H and O–H groups in total. The number of nitrogens with zero attached hydrogens (tertiary/aromatic N) is 2. The van der Waals surface area contributed by atoms with Crippen LogP contribution in [0.4, 0.5) is 5.69 Å². The Balaban J connectivity index is 1.54. The second kappa shape index (κ2) is 8.11. The molecule has 1 aliphatic heterocycles. The van der Waals surface area contributed by atoms with E-state index in [-0.39, 0.29) is 5.91 Å². The highest BCUT2D eigenvalue weighted by Gasteiger charge is 2.26. The fourth-order valence-corrected chi connectivity index (χ4v) is 3.39. The molecule has 0 aromatic heterocycles. The van der Waals surface area contributed by atoms with Crippen LogP contribution in [-0.4, -0.2) is 43.1 Å². The van der Waals surface area contributed by atoms with E-state index in [2.05, 4.69) is 20.8 Å². The van der Waals surface area contributed by atoms with E-state index in [1.807, 2.05) is 53.4 Å². The van der Waals surface area contributed by atoms with Gasteiger partial charge in [-0.1, -0.05) is 33.6 Å². The van der Waals surface area contributed by atoms with E-state index >= 15 is 0 Å². The van der Waals surface area contributed by atoms with Crippen LogP contribution in [0, 0.1) is 0 Å². The number of amides is 1. The molecule has 25 heavy (non-hydrogen) atoms. The number of hydrogen-bond donors (Lipinski definition) is 0. The van der Waals surface area contributed by atoms with Crippen molar-refractivity contribution in [3.05, 3.63) is 58.0 Å². The predicted molar refractivity (Wildman–Crippen MR) is 104 cm³/mol. The van der Waals surface area contributed by atoms with Gasteiger partial charge in [0.25, 0.3) is 5.91 Å². The van der Waals surface area contributed by atoms with Crippen molar-refractivity contribution >= 4 is 39.1 Å². The molecule has 2 aromatic carbocycles. The van der Waals surface area contributed by atoms with Gasteiger partial charge in [0, 0.05) is 41.4 Å². The molecular formula is C19H20BrClN2O2. The molecule has 1 atom stereocenters. The highest BCUT2D eigenvalue weighted by atomic mass is 79.9. The molecule has 0 radical (unpaired) electrons. The first-order valence-electron chi connectivity index (χ1n) is 8.24. The van der Waals surface area contributed by atoms with Gasteiger partial charge in [-0.3, -0.25) is 4.79 Å². The van der Waals surface area contributed by atoms with Crippen molar-refractivity contribution in [1.82, 2.24) is 4.90 Å². The number of piperazine rings is 1. The average Bonchev–Trinajstić information content (AvgIpc) is 2.62. The first-order chi connectivity index (χ1) is 12.0. The number of anilines is 1. The van der Waals surface area contributed by atoms with Crippen molar-refractivity contribution in [3.8, 4) is 5.75 Å². The van der Waals surface area contributed by atoms with Crippen molar-refractivity contribution in [2.45, 2.75) is 13.0 Å². The monoisotopic (exact) mass is 422 g/mol. The lowest BCUT2D eigenvalue weighted by Gasteiger charge is -2.37. The molecule has 1 amide bonds. The topological polar surface area (TPSA) is 32.8 Å². The summed E-state index contributed by atoms with van der Waals surface area (Å²) >= 11 is 9.35. The summed E-state index contributed by atoms with van der Waals surface area (Å²) in [5, 5.41) is 0.732. The van der Waals surface area contributed by atoms with Gasteiger partial charge >= 0.3 is 0 Å². The summed E-state index contributed by atoms with van der Waals surface area (Å²) in [5.74, 6) is 0.714. The molecule has 0 spiro atoms. The van der Waals surface area contributed by atoms with Gasteiger partial charge < -0.3 is 14.5 Å². The summed E-state index contributed by atoms with van der Waals surface area (Å²) in [5.41, 5.74) is 1.13. The molecule has 4 nitrogen and oxygen atoms in total. The molecule has 132 valence electrons. The Morgan fingerprint density at radius 2 is 1.80 bits per heavy atom. The van der Waals surface area contributed by atoms with E-state index in [9.17, 15) is 4.79 Å². The molecule has 0 saturated carbocycles. The lowest BCUT2D eigenvalue weighted by atomic mass is 10.2. The number of carbonyl (C=O) groups is 1. The minimum absolute atomic E-state index is 0.0238. The van der Waals surface area contributed by atoms with Crippen LogP contribution < -0.4 is 9.64 Å². The van der Waals surface area contributed by atoms with Crippen LogP contribution in [-0.2, 0) is 4.79 Å². The minimum atomic E-state index is -0.503. The van der Waals surface area contributed by atoms with E-state index in [4.69, 9.17) is 16.3 Å². The second-order valence-corrected chi connectivity index (χ2v) is 7.36. The van der Waals surface area contributed by atoms with Crippen LogP contribution in [0.15, 0.2) is 53.0 Å². The van der Waals surface area contributed by atoms with Crippen molar-refractivity contribution in [3.63, 3.8) is 0 Å². The summed E-state index contributed by atoms with van der Waals surface area (Å²) in [6.07, 6.45) is -0.503. The van der Waals surface area contributed by atoms with Crippen LogP contribution in [0.5, 0.6) is 5.75 Å². The van der Waals surface area contributed by atoms with Crippen LogP contribution in [0.2, 0.25) is 5.02 Å². The van der Waals surface area contributed by atoms with Crippen LogP contribution in [0.3, 0.4) is 0 Å². The quantitative estimate of drug-likeness (QED) is 0.738. The van der Waals surface area contributed by atoms with Crippen LogP contribution >= 0.6 is 27.5 Å². The average molecular weight is 424 g/mol.